The van der Waals surface area contributed by atoms with Crippen molar-refractivity contribution >= 4 is 23.5 Å². The van der Waals surface area contributed by atoms with Gasteiger partial charge in [-0.1, -0.05) is 24.3 Å². The van der Waals surface area contributed by atoms with Crippen LogP contribution in [0.2, 0.25) is 0 Å². The monoisotopic (exact) mass is 430 g/mol. The SMILES string of the molecule is COc1ccc(Nc2nc(NCC(F)(F)F)nc(NC3Cc4ccccc4C3)n2)cc1. The largest absolute Gasteiger partial charge is 0.497 e. The van der Waals surface area contributed by atoms with Crippen LogP contribution in [0.1, 0.15) is 11.1 Å². The Morgan fingerprint density at radius 1 is 0.903 bits per heavy atom. The normalized spacial score (nSPS) is 13.5. The minimum absolute atomic E-state index is 0.0455. The molecule has 0 unspecified atom stereocenters. The number of nitrogens with one attached hydrogen (secondary N) is 3. The molecule has 0 aliphatic heterocycles. The summed E-state index contributed by atoms with van der Waals surface area (Å²) in [5.41, 5.74) is 3.13. The van der Waals surface area contributed by atoms with Crippen molar-refractivity contribution in [3.8, 4) is 5.75 Å². The van der Waals surface area contributed by atoms with Crippen molar-refractivity contribution in [1.82, 2.24) is 15.0 Å². The Morgan fingerprint density at radius 2 is 1.52 bits per heavy atom. The van der Waals surface area contributed by atoms with Gasteiger partial charge in [0.15, 0.2) is 0 Å². The highest BCUT2D eigenvalue weighted by Gasteiger charge is 2.27. The number of fused-ring (bicyclic) bond motifs is 1. The van der Waals surface area contributed by atoms with Gasteiger partial charge in [-0.15, -0.1) is 0 Å². The Balaban J connectivity index is 1.53. The fraction of sp³-hybridized carbons (Fsp3) is 0.286. The third-order valence-electron chi connectivity index (χ3n) is 4.81. The molecule has 0 radical (unpaired) electrons. The second kappa shape index (κ2) is 8.66. The molecule has 0 bridgehead atoms. The third-order valence-corrected chi connectivity index (χ3v) is 4.81. The number of benzene rings is 2. The summed E-state index contributed by atoms with van der Waals surface area (Å²) in [5, 5.41) is 8.45. The van der Waals surface area contributed by atoms with Crippen molar-refractivity contribution in [2.75, 3.05) is 29.6 Å². The number of anilines is 4. The van der Waals surface area contributed by atoms with Crippen LogP contribution in [0.5, 0.6) is 5.75 Å². The van der Waals surface area contributed by atoms with Gasteiger partial charge in [0.2, 0.25) is 17.8 Å². The number of nitrogens with zero attached hydrogens (tertiary/aromatic N) is 3. The van der Waals surface area contributed by atoms with Crippen LogP contribution in [0.15, 0.2) is 48.5 Å². The summed E-state index contributed by atoms with van der Waals surface area (Å²) >= 11 is 0. The van der Waals surface area contributed by atoms with Crippen LogP contribution in [-0.4, -0.2) is 40.8 Å². The molecule has 2 aromatic carbocycles. The molecule has 10 heteroatoms. The highest BCUT2D eigenvalue weighted by molar-refractivity contribution is 5.57. The number of aromatic nitrogens is 3. The first-order valence-electron chi connectivity index (χ1n) is 9.69. The molecule has 162 valence electrons. The number of hydrogen-bond acceptors (Lipinski definition) is 7. The Morgan fingerprint density at radius 3 is 2.13 bits per heavy atom. The second-order valence-corrected chi connectivity index (χ2v) is 7.15. The molecule has 0 saturated carbocycles. The first-order valence-corrected chi connectivity index (χ1v) is 9.69. The number of ether oxygens (including phenoxy) is 1. The van der Waals surface area contributed by atoms with Gasteiger partial charge in [-0.25, -0.2) is 0 Å². The summed E-state index contributed by atoms with van der Waals surface area (Å²) in [6.45, 7) is -1.24. The van der Waals surface area contributed by atoms with Crippen molar-refractivity contribution in [3.05, 3.63) is 59.7 Å². The molecule has 4 rings (SSSR count). The molecule has 31 heavy (non-hydrogen) atoms. The minimum Gasteiger partial charge on any atom is -0.497 e. The number of alkyl halides is 3. The van der Waals surface area contributed by atoms with E-state index in [0.29, 0.717) is 11.4 Å². The van der Waals surface area contributed by atoms with E-state index >= 15 is 0 Å². The molecule has 1 heterocycles. The van der Waals surface area contributed by atoms with Crippen LogP contribution in [0, 0.1) is 0 Å². The third kappa shape index (κ3) is 5.53. The van der Waals surface area contributed by atoms with Gasteiger partial charge in [0.1, 0.15) is 12.3 Å². The molecule has 1 aliphatic rings. The molecule has 0 fully saturated rings. The van der Waals surface area contributed by atoms with Gasteiger partial charge in [0, 0.05) is 11.7 Å². The zero-order valence-electron chi connectivity index (χ0n) is 16.7. The molecule has 0 atom stereocenters. The fourth-order valence-corrected chi connectivity index (χ4v) is 3.40. The average molecular weight is 430 g/mol. The quantitative estimate of drug-likeness (QED) is 0.519. The highest BCUT2D eigenvalue weighted by atomic mass is 19.4. The molecule has 3 N–H and O–H groups in total. The maximum atomic E-state index is 12.7. The summed E-state index contributed by atoms with van der Waals surface area (Å²) in [7, 11) is 1.56. The van der Waals surface area contributed by atoms with Gasteiger partial charge in [-0.05, 0) is 48.2 Å². The van der Waals surface area contributed by atoms with Crippen LogP contribution in [-0.2, 0) is 12.8 Å². The molecule has 0 saturated heterocycles. The van der Waals surface area contributed by atoms with E-state index in [-0.39, 0.29) is 23.9 Å². The Hall–Kier alpha value is -3.56. The van der Waals surface area contributed by atoms with E-state index in [1.54, 1.807) is 31.4 Å². The average Bonchev–Trinajstić information content (AvgIpc) is 3.14. The van der Waals surface area contributed by atoms with Gasteiger partial charge in [-0.3, -0.25) is 0 Å². The van der Waals surface area contributed by atoms with E-state index in [2.05, 4.69) is 43.0 Å². The number of halogens is 3. The number of hydrogen-bond donors (Lipinski definition) is 3. The van der Waals surface area contributed by atoms with Crippen molar-refractivity contribution in [2.24, 2.45) is 0 Å². The van der Waals surface area contributed by atoms with Gasteiger partial charge in [0.25, 0.3) is 0 Å². The van der Waals surface area contributed by atoms with Crippen LogP contribution in [0.25, 0.3) is 0 Å². The summed E-state index contributed by atoms with van der Waals surface area (Å²) in [6.07, 6.45) is -2.82. The summed E-state index contributed by atoms with van der Waals surface area (Å²) in [4.78, 5) is 12.5. The maximum absolute atomic E-state index is 12.7. The second-order valence-electron chi connectivity index (χ2n) is 7.15. The lowest BCUT2D eigenvalue weighted by molar-refractivity contribution is -0.115. The van der Waals surface area contributed by atoms with E-state index in [1.807, 2.05) is 12.1 Å². The highest BCUT2D eigenvalue weighted by Crippen LogP contribution is 2.25. The number of methoxy groups -OCH3 is 1. The standard InChI is InChI=1S/C21H21F3N6O/c1-31-17-8-6-15(7-9-17)26-19-28-18(25-12-21(22,23)24)29-20(30-19)27-16-10-13-4-2-3-5-14(13)11-16/h2-9,16H,10-12H2,1H3,(H3,25,26,27,28,29,30). The zero-order valence-corrected chi connectivity index (χ0v) is 16.7. The van der Waals surface area contributed by atoms with Crippen LogP contribution in [0.3, 0.4) is 0 Å². The summed E-state index contributed by atoms with van der Waals surface area (Å²) in [5.74, 6) is 0.842. The first kappa shape index (κ1) is 20.7. The number of rotatable bonds is 7. The topological polar surface area (TPSA) is 84.0 Å². The van der Waals surface area contributed by atoms with E-state index in [1.165, 1.54) is 11.1 Å². The Labute approximate surface area is 177 Å². The molecule has 0 amide bonds. The summed E-state index contributed by atoms with van der Waals surface area (Å²) in [6, 6.07) is 15.2. The minimum atomic E-state index is -4.39. The van der Waals surface area contributed by atoms with Crippen molar-refractivity contribution in [3.63, 3.8) is 0 Å². The molecule has 7 nitrogen and oxygen atoms in total. The van der Waals surface area contributed by atoms with Gasteiger partial charge < -0.3 is 20.7 Å². The smallest absolute Gasteiger partial charge is 0.405 e. The van der Waals surface area contributed by atoms with Crippen molar-refractivity contribution in [1.29, 1.82) is 0 Å². The lowest BCUT2D eigenvalue weighted by atomic mass is 10.1. The molecular weight excluding hydrogens is 409 g/mol. The molecule has 3 aromatic rings. The Kier molecular flexibility index (Phi) is 5.79. The Bertz CT molecular complexity index is 1020. The fourth-order valence-electron chi connectivity index (χ4n) is 3.40. The van der Waals surface area contributed by atoms with E-state index in [0.717, 1.165) is 12.8 Å². The van der Waals surface area contributed by atoms with Gasteiger partial charge >= 0.3 is 6.18 Å². The van der Waals surface area contributed by atoms with Crippen LogP contribution < -0.4 is 20.7 Å². The van der Waals surface area contributed by atoms with Crippen molar-refractivity contribution in [2.45, 2.75) is 25.1 Å². The van der Waals surface area contributed by atoms with Gasteiger partial charge in [-0.2, -0.15) is 28.1 Å². The lowest BCUT2D eigenvalue weighted by Crippen LogP contribution is -2.25. The lowest BCUT2D eigenvalue weighted by Gasteiger charge is -2.15. The summed E-state index contributed by atoms with van der Waals surface area (Å²) < 4.78 is 43.1. The van der Waals surface area contributed by atoms with E-state index < -0.39 is 12.7 Å². The maximum Gasteiger partial charge on any atom is 0.405 e. The van der Waals surface area contributed by atoms with E-state index in [9.17, 15) is 13.2 Å². The molecular formula is C21H21F3N6O. The predicted molar refractivity (Wildman–Crippen MR) is 112 cm³/mol. The zero-order chi connectivity index (χ0) is 21.8. The van der Waals surface area contributed by atoms with E-state index in [4.69, 9.17) is 4.74 Å². The molecule has 0 spiro atoms. The molecule has 1 aliphatic carbocycles. The van der Waals surface area contributed by atoms with Gasteiger partial charge in [0.05, 0.1) is 7.11 Å². The van der Waals surface area contributed by atoms with Crippen LogP contribution in [0.4, 0.5) is 36.7 Å². The van der Waals surface area contributed by atoms with Crippen LogP contribution >= 0.6 is 0 Å². The predicted octanol–water partition coefficient (Wildman–Crippen LogP) is 4.18. The molecule has 1 aromatic heterocycles. The van der Waals surface area contributed by atoms with Crippen molar-refractivity contribution < 1.29 is 17.9 Å². The first-order chi connectivity index (χ1) is 14.9.